The van der Waals surface area contributed by atoms with Gasteiger partial charge in [0.05, 0.1) is 0 Å². The summed E-state index contributed by atoms with van der Waals surface area (Å²) < 4.78 is 30.9. The van der Waals surface area contributed by atoms with E-state index in [9.17, 15) is 13.2 Å². The fourth-order valence-corrected chi connectivity index (χ4v) is 0. The maximum Gasteiger partial charge on any atom is 0.231 e. The number of halogens is 3. The first-order valence-corrected chi connectivity index (χ1v) is 2.08. The number of hydrogen-bond donors (Lipinski definition) is 1. The zero-order valence-electron chi connectivity index (χ0n) is 3.45. The predicted octanol–water partition coefficient (Wildman–Crippen LogP) is 0.576. The number of isocyanates is 1. The molecule has 0 amide bonds. The van der Waals surface area contributed by atoms with Crippen LogP contribution in [-0.4, -0.2) is 27.2 Å². The van der Waals surface area contributed by atoms with E-state index in [-0.39, 0.29) is 0 Å². The molecule has 0 spiro atoms. The van der Waals surface area contributed by atoms with Crippen LogP contribution in [0.3, 0.4) is 0 Å². The standard InChI is InChI=1S/CF3Se.CHNO/c2-1(3,4)5;2-1-3/h;2H. The summed E-state index contributed by atoms with van der Waals surface area (Å²) in [6.07, 6.45) is 0.750. The van der Waals surface area contributed by atoms with Crippen LogP contribution in [-0.2, 0) is 4.79 Å². The molecule has 1 N–H and O–H groups in total. The van der Waals surface area contributed by atoms with Crippen LogP contribution in [0.25, 0.3) is 0 Å². The van der Waals surface area contributed by atoms with Gasteiger partial charge in [0.25, 0.3) is 0 Å². The van der Waals surface area contributed by atoms with Gasteiger partial charge >= 0.3 is 34.3 Å². The van der Waals surface area contributed by atoms with Crippen molar-refractivity contribution in [2.75, 3.05) is 0 Å². The van der Waals surface area contributed by atoms with Crippen molar-refractivity contribution in [3.63, 3.8) is 0 Å². The van der Waals surface area contributed by atoms with Crippen LogP contribution in [0.5, 0.6) is 0 Å². The molecule has 0 aromatic rings. The van der Waals surface area contributed by atoms with Crippen molar-refractivity contribution in [1.29, 1.82) is 5.41 Å². The minimum atomic E-state index is -4.12. The SMILES string of the molecule is FC(F)(F)[Se].N=C=O. The average molecular weight is 191 g/mol. The first-order valence-electron chi connectivity index (χ1n) is 1.23. The fourth-order valence-electron chi connectivity index (χ4n) is 0. The Labute approximate surface area is 51.4 Å². The van der Waals surface area contributed by atoms with Crippen molar-refractivity contribution in [2.45, 2.75) is 5.07 Å². The Morgan fingerprint density at radius 3 is 1.50 bits per heavy atom. The second-order valence-corrected chi connectivity index (χ2v) is 1.52. The first kappa shape index (κ1) is 10.6. The summed E-state index contributed by atoms with van der Waals surface area (Å²) in [6.45, 7) is 0. The van der Waals surface area contributed by atoms with Crippen LogP contribution in [0.15, 0.2) is 0 Å². The van der Waals surface area contributed by atoms with Crippen LogP contribution < -0.4 is 0 Å². The average Bonchev–Trinajstić information content (AvgIpc) is 1.27. The quantitative estimate of drug-likeness (QED) is 0.339. The molecule has 8 heavy (non-hydrogen) atoms. The molecule has 0 aliphatic carbocycles. The van der Waals surface area contributed by atoms with E-state index in [1.807, 2.05) is 0 Å². The minimum absolute atomic E-state index is 0.750. The molecule has 0 heterocycles. The molecule has 0 bridgehead atoms. The molecule has 0 fully saturated rings. The molecule has 0 aromatic carbocycles. The van der Waals surface area contributed by atoms with E-state index < -0.39 is 5.07 Å². The van der Waals surface area contributed by atoms with Gasteiger partial charge in [-0.3, -0.25) is 0 Å². The van der Waals surface area contributed by atoms with Crippen molar-refractivity contribution in [3.8, 4) is 0 Å². The van der Waals surface area contributed by atoms with E-state index in [1.54, 1.807) is 0 Å². The normalized spacial score (nSPS) is 8.50. The van der Waals surface area contributed by atoms with Gasteiger partial charge in [-0.15, -0.1) is 0 Å². The van der Waals surface area contributed by atoms with E-state index in [2.05, 4.69) is 0 Å². The minimum Gasteiger partial charge on any atom is -0.222 e. The molecular formula is C2HF3NOSe. The van der Waals surface area contributed by atoms with Crippen molar-refractivity contribution in [3.05, 3.63) is 0 Å². The van der Waals surface area contributed by atoms with E-state index >= 15 is 0 Å². The molecule has 6 heteroatoms. The summed E-state index contributed by atoms with van der Waals surface area (Å²) in [5.41, 5.74) is 0. The number of carbonyl (C=O) groups excluding carboxylic acids is 1. The largest absolute Gasteiger partial charge is 0.231 e. The fraction of sp³-hybridized carbons (Fsp3) is 0.500. The molecule has 0 atom stereocenters. The maximum atomic E-state index is 10.3. The first-order chi connectivity index (χ1) is 3.41. The van der Waals surface area contributed by atoms with Gasteiger partial charge in [-0.2, -0.15) is 0 Å². The summed E-state index contributed by atoms with van der Waals surface area (Å²) in [6, 6.07) is 0. The second kappa shape index (κ2) is 4.84. The van der Waals surface area contributed by atoms with Crippen LogP contribution in [0.4, 0.5) is 13.2 Å². The Morgan fingerprint density at radius 2 is 1.50 bits per heavy atom. The Kier molecular flexibility index (Phi) is 6.43. The van der Waals surface area contributed by atoms with Crippen LogP contribution in [0, 0.1) is 5.41 Å². The van der Waals surface area contributed by atoms with Gasteiger partial charge in [-0.05, 0) is 0 Å². The van der Waals surface area contributed by atoms with Crippen molar-refractivity contribution >= 4 is 22.1 Å². The molecule has 47 valence electrons. The number of alkyl halides is 3. The van der Waals surface area contributed by atoms with E-state index in [4.69, 9.17) is 10.2 Å². The van der Waals surface area contributed by atoms with Gasteiger partial charge in [0, 0.05) is 0 Å². The molecule has 0 aliphatic rings. The molecule has 2 nitrogen and oxygen atoms in total. The molecule has 0 rings (SSSR count). The van der Waals surface area contributed by atoms with Crippen LogP contribution in [0.2, 0.25) is 0 Å². The monoisotopic (exact) mass is 192 g/mol. The van der Waals surface area contributed by atoms with Gasteiger partial charge < -0.3 is 0 Å². The molecule has 0 aromatic heterocycles. The summed E-state index contributed by atoms with van der Waals surface area (Å²) in [5, 5.41) is 1.28. The van der Waals surface area contributed by atoms with Gasteiger partial charge in [0.2, 0.25) is 6.08 Å². The molecule has 0 saturated heterocycles. The van der Waals surface area contributed by atoms with Crippen molar-refractivity contribution in [1.82, 2.24) is 0 Å². The Balaban J connectivity index is 0. The summed E-state index contributed by atoms with van der Waals surface area (Å²) in [7, 11) is 0. The predicted molar refractivity (Wildman–Crippen MR) is 20.2 cm³/mol. The van der Waals surface area contributed by atoms with Crippen molar-refractivity contribution < 1.29 is 18.0 Å². The third-order valence-electron chi connectivity index (χ3n) is 0. The van der Waals surface area contributed by atoms with Gasteiger partial charge in [-0.25, -0.2) is 10.2 Å². The number of nitrogens with one attached hydrogen (secondary N) is 1. The van der Waals surface area contributed by atoms with E-state index in [1.165, 1.54) is 0 Å². The molecular weight excluding hydrogens is 190 g/mol. The number of rotatable bonds is 0. The van der Waals surface area contributed by atoms with Crippen molar-refractivity contribution in [2.24, 2.45) is 0 Å². The summed E-state index contributed by atoms with van der Waals surface area (Å²) in [5.74, 6) is 0. The third-order valence-corrected chi connectivity index (χ3v) is 0. The Bertz CT molecular complexity index is 77.8. The zero-order chi connectivity index (χ0) is 7.21. The Morgan fingerprint density at radius 1 is 1.50 bits per heavy atom. The Hall–Kier alpha value is -0.311. The van der Waals surface area contributed by atoms with Crippen LogP contribution >= 0.6 is 0 Å². The second-order valence-electron chi connectivity index (χ2n) is 0.548. The van der Waals surface area contributed by atoms with Gasteiger partial charge in [-0.1, -0.05) is 0 Å². The molecule has 1 radical (unpaired) electrons. The smallest absolute Gasteiger partial charge is 0.222 e. The summed E-state index contributed by atoms with van der Waals surface area (Å²) in [4.78, 5) is 8.35. The zero-order valence-corrected chi connectivity index (χ0v) is 5.16. The topological polar surface area (TPSA) is 40.9 Å². The molecule has 0 aliphatic heterocycles. The summed E-state index contributed by atoms with van der Waals surface area (Å²) >= 11 is 0.979. The number of hydrogen-bond acceptors (Lipinski definition) is 2. The maximum absolute atomic E-state index is 10.3. The van der Waals surface area contributed by atoms with E-state index in [0.717, 1.165) is 22.1 Å². The molecule has 0 saturated carbocycles. The van der Waals surface area contributed by atoms with Gasteiger partial charge in [0.1, 0.15) is 0 Å². The third kappa shape index (κ3) is 1300. The van der Waals surface area contributed by atoms with Gasteiger partial charge in [0.15, 0.2) is 0 Å². The van der Waals surface area contributed by atoms with E-state index in [0.29, 0.717) is 0 Å². The molecule has 0 unspecified atom stereocenters. The van der Waals surface area contributed by atoms with Crippen LogP contribution in [0.1, 0.15) is 0 Å².